The Morgan fingerprint density at radius 1 is 1.11 bits per heavy atom. The summed E-state index contributed by atoms with van der Waals surface area (Å²) in [5.41, 5.74) is -0.959. The van der Waals surface area contributed by atoms with Gasteiger partial charge in [-0.2, -0.15) is 10.5 Å². The Morgan fingerprint density at radius 3 is 2.65 bits per heavy atom. The van der Waals surface area contributed by atoms with Crippen LogP contribution in [0.1, 0.15) is 12.0 Å². The summed E-state index contributed by atoms with van der Waals surface area (Å²) in [6.45, 7) is -0.0409. The van der Waals surface area contributed by atoms with E-state index in [-0.39, 0.29) is 45.6 Å². The van der Waals surface area contributed by atoms with Crippen molar-refractivity contribution in [2.75, 3.05) is 7.11 Å². The summed E-state index contributed by atoms with van der Waals surface area (Å²) in [5.74, 6) is -1.44. The van der Waals surface area contributed by atoms with Gasteiger partial charge in [0.05, 0.1) is 48.6 Å². The molecule has 0 N–H and O–H groups in total. The first-order valence-electron chi connectivity index (χ1n) is 10.9. The third-order valence-electron chi connectivity index (χ3n) is 5.90. The maximum atomic E-state index is 14.9. The fraction of sp³-hybridized carbons (Fsp3) is 0.115. The minimum atomic E-state index is -0.771. The van der Waals surface area contributed by atoms with E-state index < -0.39 is 22.9 Å². The monoisotopic (exact) mass is 515 g/mol. The van der Waals surface area contributed by atoms with E-state index in [2.05, 4.69) is 4.98 Å². The van der Waals surface area contributed by atoms with Gasteiger partial charge in [-0.15, -0.1) is 11.3 Å². The second kappa shape index (κ2) is 9.30. The Kier molecular flexibility index (Phi) is 5.99. The molecule has 0 aliphatic rings. The Labute approximate surface area is 211 Å². The standard InChI is InChI=1S/C26H15F2N5O3S/c1-36-21-9-16(15(11-30)8-18(21)28)22-10-19-24(37-22)25(34)33(26(35)32(19)7-3-6-29)20-13-31-12-14-4-2-5-17(27)23(14)20/h2,4-5,8-10,12-13H,3,7H2,1H3. The van der Waals surface area contributed by atoms with Gasteiger partial charge < -0.3 is 4.74 Å². The van der Waals surface area contributed by atoms with Crippen LogP contribution in [0.3, 0.4) is 0 Å². The van der Waals surface area contributed by atoms with Crippen molar-refractivity contribution in [1.29, 1.82) is 10.5 Å². The average molecular weight is 516 g/mol. The molecule has 8 nitrogen and oxygen atoms in total. The third kappa shape index (κ3) is 3.82. The minimum absolute atomic E-state index is 0.0106. The van der Waals surface area contributed by atoms with Gasteiger partial charge in [0.25, 0.3) is 5.56 Å². The molecule has 0 aliphatic carbocycles. The van der Waals surface area contributed by atoms with E-state index in [9.17, 15) is 23.6 Å². The predicted molar refractivity (Wildman–Crippen MR) is 134 cm³/mol. The van der Waals surface area contributed by atoms with Gasteiger partial charge in [0.2, 0.25) is 0 Å². The second-order valence-corrected chi connectivity index (χ2v) is 9.00. The van der Waals surface area contributed by atoms with Crippen LogP contribution in [-0.4, -0.2) is 21.2 Å². The minimum Gasteiger partial charge on any atom is -0.494 e. The van der Waals surface area contributed by atoms with E-state index in [0.29, 0.717) is 15.8 Å². The van der Waals surface area contributed by atoms with E-state index in [1.807, 2.05) is 12.1 Å². The number of ether oxygens (including phenoxy) is 1. The van der Waals surface area contributed by atoms with Crippen LogP contribution < -0.4 is 16.0 Å². The second-order valence-electron chi connectivity index (χ2n) is 7.95. The molecule has 11 heteroatoms. The first kappa shape index (κ1) is 23.9. The van der Waals surface area contributed by atoms with Crippen molar-refractivity contribution in [2.45, 2.75) is 13.0 Å². The molecule has 5 rings (SSSR count). The third-order valence-corrected chi connectivity index (χ3v) is 7.05. The zero-order valence-corrected chi connectivity index (χ0v) is 20.0. The smallest absolute Gasteiger partial charge is 0.336 e. The lowest BCUT2D eigenvalue weighted by Gasteiger charge is -2.13. The van der Waals surface area contributed by atoms with Crippen molar-refractivity contribution in [3.05, 3.63) is 86.8 Å². The van der Waals surface area contributed by atoms with Crippen molar-refractivity contribution in [2.24, 2.45) is 0 Å². The number of nitriles is 2. The van der Waals surface area contributed by atoms with Crippen molar-refractivity contribution in [3.63, 3.8) is 0 Å². The summed E-state index contributed by atoms with van der Waals surface area (Å²) < 4.78 is 36.4. The normalized spacial score (nSPS) is 10.9. The zero-order chi connectivity index (χ0) is 26.3. The molecule has 0 amide bonds. The number of rotatable bonds is 5. The molecule has 182 valence electrons. The maximum absolute atomic E-state index is 14.9. The van der Waals surface area contributed by atoms with Gasteiger partial charge in [0, 0.05) is 34.0 Å². The maximum Gasteiger partial charge on any atom is 0.336 e. The molecule has 3 heterocycles. The fourth-order valence-electron chi connectivity index (χ4n) is 4.22. The van der Waals surface area contributed by atoms with Crippen molar-refractivity contribution >= 4 is 32.3 Å². The van der Waals surface area contributed by atoms with E-state index in [1.54, 1.807) is 12.1 Å². The summed E-state index contributed by atoms with van der Waals surface area (Å²) >= 11 is 0.987. The van der Waals surface area contributed by atoms with E-state index in [1.165, 1.54) is 42.3 Å². The van der Waals surface area contributed by atoms with Gasteiger partial charge in [0.1, 0.15) is 10.5 Å². The number of fused-ring (bicyclic) bond motifs is 2. The van der Waals surface area contributed by atoms with E-state index in [4.69, 9.17) is 10.00 Å². The fourth-order valence-corrected chi connectivity index (χ4v) is 5.34. The lowest BCUT2D eigenvalue weighted by molar-refractivity contribution is 0.386. The number of pyridine rings is 1. The van der Waals surface area contributed by atoms with Crippen LogP contribution in [0.5, 0.6) is 5.75 Å². The molecule has 0 saturated heterocycles. The van der Waals surface area contributed by atoms with Crippen LogP contribution in [0.4, 0.5) is 8.78 Å². The van der Waals surface area contributed by atoms with Gasteiger partial charge >= 0.3 is 5.69 Å². The number of hydrogen-bond donors (Lipinski definition) is 0. The van der Waals surface area contributed by atoms with Crippen LogP contribution >= 0.6 is 11.3 Å². The Morgan fingerprint density at radius 2 is 1.92 bits per heavy atom. The van der Waals surface area contributed by atoms with Crippen LogP contribution in [0.15, 0.2) is 58.4 Å². The molecule has 0 unspecified atom stereocenters. The summed E-state index contributed by atoms with van der Waals surface area (Å²) in [6.07, 6.45) is 2.63. The van der Waals surface area contributed by atoms with Crippen LogP contribution in [-0.2, 0) is 6.54 Å². The molecule has 0 fully saturated rings. The highest BCUT2D eigenvalue weighted by Gasteiger charge is 2.22. The van der Waals surface area contributed by atoms with E-state index in [0.717, 1.165) is 22.0 Å². The van der Waals surface area contributed by atoms with Crippen LogP contribution in [0.25, 0.3) is 37.1 Å². The first-order valence-corrected chi connectivity index (χ1v) is 11.7. The molecule has 0 spiro atoms. The molecule has 3 aromatic heterocycles. The molecule has 5 aromatic rings. The highest BCUT2D eigenvalue weighted by Crippen LogP contribution is 2.37. The van der Waals surface area contributed by atoms with Gasteiger partial charge in [-0.3, -0.25) is 14.3 Å². The number of aryl methyl sites for hydroxylation is 1. The molecule has 0 atom stereocenters. The summed E-state index contributed by atoms with van der Waals surface area (Å²) in [7, 11) is 1.29. The highest BCUT2D eigenvalue weighted by atomic mass is 32.1. The summed E-state index contributed by atoms with van der Waals surface area (Å²) in [5, 5.41) is 19.2. The topological polar surface area (TPSA) is 114 Å². The Balaban J connectivity index is 1.88. The lowest BCUT2D eigenvalue weighted by atomic mass is 10.1. The Hall–Kier alpha value is -4.87. The molecule has 0 bridgehead atoms. The quantitative estimate of drug-likeness (QED) is 0.341. The number of methoxy groups -OCH3 is 1. The predicted octanol–water partition coefficient (Wildman–Crippen LogP) is 4.50. The number of aromatic nitrogens is 3. The van der Waals surface area contributed by atoms with Crippen LogP contribution in [0.2, 0.25) is 0 Å². The Bertz CT molecular complexity index is 1920. The lowest BCUT2D eigenvalue weighted by Crippen LogP contribution is -2.38. The largest absolute Gasteiger partial charge is 0.494 e. The number of benzene rings is 2. The molecular formula is C26H15F2N5O3S. The molecule has 0 saturated carbocycles. The average Bonchev–Trinajstić information content (AvgIpc) is 3.34. The van der Waals surface area contributed by atoms with Gasteiger partial charge in [-0.25, -0.2) is 18.1 Å². The molecule has 0 aliphatic heterocycles. The van der Waals surface area contributed by atoms with E-state index >= 15 is 0 Å². The van der Waals surface area contributed by atoms with Crippen molar-refractivity contribution in [1.82, 2.24) is 14.1 Å². The summed E-state index contributed by atoms with van der Waals surface area (Å²) in [6, 6.07) is 12.2. The highest BCUT2D eigenvalue weighted by molar-refractivity contribution is 7.22. The number of nitrogens with zero attached hydrogens (tertiary/aromatic N) is 5. The summed E-state index contributed by atoms with van der Waals surface area (Å²) in [4.78, 5) is 31.8. The zero-order valence-electron chi connectivity index (χ0n) is 19.2. The first-order chi connectivity index (χ1) is 17.9. The molecule has 0 radical (unpaired) electrons. The molecular weight excluding hydrogens is 500 g/mol. The SMILES string of the molecule is COc1cc(-c2cc3c(s2)c(=O)n(-c2cncc4cccc(F)c24)c(=O)n3CCC#N)c(C#N)cc1F. The van der Waals surface area contributed by atoms with Crippen molar-refractivity contribution in [3.8, 4) is 34.0 Å². The van der Waals surface area contributed by atoms with Gasteiger partial charge in [-0.1, -0.05) is 12.1 Å². The molecule has 2 aromatic carbocycles. The number of thiophene rings is 1. The van der Waals surface area contributed by atoms with Crippen molar-refractivity contribution < 1.29 is 13.5 Å². The number of halogens is 2. The van der Waals surface area contributed by atoms with Gasteiger partial charge in [0.15, 0.2) is 11.6 Å². The molecule has 37 heavy (non-hydrogen) atoms. The van der Waals surface area contributed by atoms with Gasteiger partial charge in [-0.05, 0) is 24.3 Å². The van der Waals surface area contributed by atoms with Crippen LogP contribution in [0, 0.1) is 34.3 Å². The number of hydrogen-bond acceptors (Lipinski definition) is 7.